The van der Waals surface area contributed by atoms with Crippen LogP contribution in [0.15, 0.2) is 0 Å². The summed E-state index contributed by atoms with van der Waals surface area (Å²) < 4.78 is 10.4. The van der Waals surface area contributed by atoms with Crippen molar-refractivity contribution in [2.45, 2.75) is 44.8 Å². The molecule has 0 aromatic heterocycles. The van der Waals surface area contributed by atoms with Crippen LogP contribution in [0.3, 0.4) is 0 Å². The Labute approximate surface area is 83.4 Å². The average molecular weight is 203 g/mol. The maximum atomic E-state index is 10.8. The summed E-state index contributed by atoms with van der Waals surface area (Å²) in [6.07, 6.45) is -0.864. The third kappa shape index (κ3) is 2.67. The topological polar surface area (TPSA) is 67.8 Å². The van der Waals surface area contributed by atoms with Crippen LogP contribution in [0.4, 0.5) is 0 Å². The molecule has 1 saturated heterocycles. The summed E-state index contributed by atoms with van der Waals surface area (Å²) in [7, 11) is 1.53. The van der Waals surface area contributed by atoms with Crippen molar-refractivity contribution in [1.82, 2.24) is 5.32 Å². The molecule has 82 valence electrons. The Morgan fingerprint density at radius 1 is 1.64 bits per heavy atom. The Morgan fingerprint density at radius 2 is 2.29 bits per heavy atom. The highest BCUT2D eigenvalue weighted by Crippen LogP contribution is 2.20. The molecule has 0 aromatic carbocycles. The second-order valence-electron chi connectivity index (χ2n) is 3.54. The van der Waals surface area contributed by atoms with Crippen molar-refractivity contribution in [2.24, 2.45) is 0 Å². The molecule has 14 heavy (non-hydrogen) atoms. The summed E-state index contributed by atoms with van der Waals surface area (Å²) in [6.45, 7) is 3.22. The zero-order chi connectivity index (χ0) is 10.7. The van der Waals surface area contributed by atoms with Gasteiger partial charge in [0.25, 0.3) is 0 Å². The molecule has 0 spiro atoms. The second kappa shape index (κ2) is 4.72. The second-order valence-corrected chi connectivity index (χ2v) is 3.54. The highest BCUT2D eigenvalue weighted by Gasteiger charge is 2.35. The smallest absolute Gasteiger partial charge is 0.217 e. The van der Waals surface area contributed by atoms with Crippen LogP contribution in [0, 0.1) is 0 Å². The van der Waals surface area contributed by atoms with Gasteiger partial charge in [0.15, 0.2) is 6.29 Å². The molecule has 0 bridgehead atoms. The van der Waals surface area contributed by atoms with E-state index in [1.54, 1.807) is 6.92 Å². The molecule has 1 heterocycles. The molecule has 0 saturated carbocycles. The van der Waals surface area contributed by atoms with Gasteiger partial charge in [-0.25, -0.2) is 0 Å². The molecule has 0 aromatic rings. The van der Waals surface area contributed by atoms with E-state index in [0.29, 0.717) is 6.42 Å². The van der Waals surface area contributed by atoms with Crippen molar-refractivity contribution in [3.8, 4) is 0 Å². The predicted molar refractivity (Wildman–Crippen MR) is 49.6 cm³/mol. The monoisotopic (exact) mass is 203 g/mol. The summed E-state index contributed by atoms with van der Waals surface area (Å²) in [5, 5.41) is 12.4. The normalized spacial score (nSPS) is 38.0. The average Bonchev–Trinajstić information content (AvgIpc) is 2.10. The summed E-state index contributed by atoms with van der Waals surface area (Å²) in [5.74, 6) is -0.166. The summed E-state index contributed by atoms with van der Waals surface area (Å²) >= 11 is 0. The minimum absolute atomic E-state index is 0.166. The van der Waals surface area contributed by atoms with Gasteiger partial charge in [0.2, 0.25) is 5.91 Å². The fourth-order valence-corrected chi connectivity index (χ4v) is 1.64. The number of carbonyl (C=O) groups excluding carboxylic acids is 1. The van der Waals surface area contributed by atoms with Gasteiger partial charge in [-0.05, 0) is 6.92 Å². The number of amides is 1. The van der Waals surface area contributed by atoms with Gasteiger partial charge in [-0.1, -0.05) is 0 Å². The van der Waals surface area contributed by atoms with Gasteiger partial charge in [-0.15, -0.1) is 0 Å². The van der Waals surface area contributed by atoms with E-state index in [4.69, 9.17) is 9.47 Å². The minimum atomic E-state index is -0.618. The lowest BCUT2D eigenvalue weighted by Crippen LogP contribution is -2.55. The Bertz CT molecular complexity index is 197. The van der Waals surface area contributed by atoms with Crippen LogP contribution in [-0.4, -0.2) is 42.7 Å². The number of ether oxygens (including phenoxy) is 2. The van der Waals surface area contributed by atoms with Crippen molar-refractivity contribution in [1.29, 1.82) is 0 Å². The molecule has 0 aliphatic carbocycles. The Morgan fingerprint density at radius 3 is 2.71 bits per heavy atom. The van der Waals surface area contributed by atoms with E-state index in [1.165, 1.54) is 14.0 Å². The van der Waals surface area contributed by atoms with Crippen LogP contribution in [0.25, 0.3) is 0 Å². The van der Waals surface area contributed by atoms with Crippen molar-refractivity contribution in [2.75, 3.05) is 7.11 Å². The molecule has 0 radical (unpaired) electrons. The van der Waals surface area contributed by atoms with Crippen LogP contribution in [0.5, 0.6) is 0 Å². The number of aliphatic hydroxyl groups excluding tert-OH is 1. The van der Waals surface area contributed by atoms with Gasteiger partial charge in [0, 0.05) is 20.5 Å². The van der Waals surface area contributed by atoms with Crippen molar-refractivity contribution in [3.05, 3.63) is 0 Å². The van der Waals surface area contributed by atoms with Crippen molar-refractivity contribution in [3.63, 3.8) is 0 Å². The molecule has 1 rings (SSSR count). The summed E-state index contributed by atoms with van der Waals surface area (Å²) in [5.41, 5.74) is 0. The van der Waals surface area contributed by atoms with E-state index in [0.717, 1.165) is 0 Å². The van der Waals surface area contributed by atoms with E-state index >= 15 is 0 Å². The fraction of sp³-hybridized carbons (Fsp3) is 0.889. The van der Waals surface area contributed by atoms with Gasteiger partial charge in [-0.3, -0.25) is 4.79 Å². The van der Waals surface area contributed by atoms with Crippen LogP contribution in [-0.2, 0) is 14.3 Å². The van der Waals surface area contributed by atoms with Crippen LogP contribution >= 0.6 is 0 Å². The van der Waals surface area contributed by atoms with Gasteiger partial charge >= 0.3 is 0 Å². The van der Waals surface area contributed by atoms with E-state index in [-0.39, 0.29) is 24.3 Å². The molecule has 1 aliphatic heterocycles. The lowest BCUT2D eigenvalue weighted by atomic mass is 9.99. The minimum Gasteiger partial charge on any atom is -0.391 e. The van der Waals surface area contributed by atoms with E-state index in [1.807, 2.05) is 0 Å². The number of carbonyl (C=O) groups is 1. The highest BCUT2D eigenvalue weighted by molar-refractivity contribution is 5.73. The van der Waals surface area contributed by atoms with Gasteiger partial charge in [0.1, 0.15) is 0 Å². The molecule has 5 nitrogen and oxygen atoms in total. The maximum Gasteiger partial charge on any atom is 0.217 e. The standard InChI is InChI=1S/C9H17NO4/c1-5-9(10-6(2)11)7(12)4-8(13-3)14-5/h5,7-9,12H,4H2,1-3H3,(H,10,11)/t5-,7-,8-,9-/m0/s1. The van der Waals surface area contributed by atoms with Gasteiger partial charge in [0.05, 0.1) is 18.2 Å². The molecule has 2 N–H and O–H groups in total. The molecule has 1 amide bonds. The van der Waals surface area contributed by atoms with Crippen LogP contribution in [0.1, 0.15) is 20.3 Å². The largest absolute Gasteiger partial charge is 0.391 e. The molecule has 1 aliphatic rings. The molecule has 1 fully saturated rings. The molecular weight excluding hydrogens is 186 g/mol. The fourth-order valence-electron chi connectivity index (χ4n) is 1.64. The first-order chi connectivity index (χ1) is 6.54. The SMILES string of the molecule is CO[C@@H]1C[C@H](O)[C@@H](NC(C)=O)[C@H](C)O1. The van der Waals surface area contributed by atoms with Crippen molar-refractivity contribution >= 4 is 5.91 Å². The Balaban J connectivity index is 2.55. The third-order valence-electron chi connectivity index (χ3n) is 2.35. The lowest BCUT2D eigenvalue weighted by Gasteiger charge is -2.37. The maximum absolute atomic E-state index is 10.8. The highest BCUT2D eigenvalue weighted by atomic mass is 16.7. The number of rotatable bonds is 2. The quantitative estimate of drug-likeness (QED) is 0.642. The first kappa shape index (κ1) is 11.4. The predicted octanol–water partition coefficient (Wildman–Crippen LogP) is -0.367. The van der Waals surface area contributed by atoms with Gasteiger partial charge in [-0.2, -0.15) is 0 Å². The van der Waals surface area contributed by atoms with Crippen molar-refractivity contribution < 1.29 is 19.4 Å². The summed E-state index contributed by atoms with van der Waals surface area (Å²) in [6, 6.07) is -0.348. The number of hydrogen-bond donors (Lipinski definition) is 2. The Kier molecular flexibility index (Phi) is 3.86. The van der Waals surface area contributed by atoms with Gasteiger partial charge < -0.3 is 19.9 Å². The van der Waals surface area contributed by atoms with Crippen LogP contribution in [0.2, 0.25) is 0 Å². The van der Waals surface area contributed by atoms with E-state index < -0.39 is 6.10 Å². The molecule has 4 atom stereocenters. The third-order valence-corrected chi connectivity index (χ3v) is 2.35. The number of nitrogens with one attached hydrogen (secondary N) is 1. The van der Waals surface area contributed by atoms with Crippen LogP contribution < -0.4 is 5.32 Å². The lowest BCUT2D eigenvalue weighted by molar-refractivity contribution is -0.210. The zero-order valence-corrected chi connectivity index (χ0v) is 8.69. The molecule has 5 heteroatoms. The van der Waals surface area contributed by atoms with E-state index in [9.17, 15) is 9.90 Å². The molecule has 0 unspecified atom stereocenters. The number of methoxy groups -OCH3 is 1. The zero-order valence-electron chi connectivity index (χ0n) is 8.69. The number of hydrogen-bond acceptors (Lipinski definition) is 4. The molecular formula is C9H17NO4. The van der Waals surface area contributed by atoms with E-state index in [2.05, 4.69) is 5.32 Å². The Hall–Kier alpha value is -0.650. The first-order valence-corrected chi connectivity index (χ1v) is 4.68. The first-order valence-electron chi connectivity index (χ1n) is 4.68. The summed E-state index contributed by atoms with van der Waals surface area (Å²) in [4.78, 5) is 10.8. The number of aliphatic hydroxyl groups is 1.